The normalized spacial score (nSPS) is 13.2. The van der Waals surface area contributed by atoms with E-state index in [2.05, 4.69) is 10.3 Å². The van der Waals surface area contributed by atoms with Crippen LogP contribution in [0.5, 0.6) is 0 Å². The van der Waals surface area contributed by atoms with E-state index in [1.807, 2.05) is 32.0 Å². The molecule has 1 aromatic carbocycles. The first kappa shape index (κ1) is 11.6. The molecule has 1 N–H and O–H groups in total. The molecule has 0 saturated heterocycles. The Balaban J connectivity index is 2.68. The highest BCUT2D eigenvalue weighted by molar-refractivity contribution is 5.86. The van der Waals surface area contributed by atoms with Gasteiger partial charge in [-0.05, 0) is 17.5 Å². The molecule has 0 amide bonds. The van der Waals surface area contributed by atoms with Gasteiger partial charge in [-0.25, -0.2) is 4.68 Å². The maximum atomic E-state index is 11.4. The fourth-order valence-electron chi connectivity index (χ4n) is 2.17. The Labute approximate surface area is 99.1 Å². The van der Waals surface area contributed by atoms with Crippen molar-refractivity contribution in [2.75, 3.05) is 0 Å². The molecule has 0 aliphatic heterocycles. The number of aromatic nitrogens is 3. The molecular formula is C12H15N3O2. The predicted octanol–water partition coefficient (Wildman–Crippen LogP) is 1.79. The van der Waals surface area contributed by atoms with E-state index in [0.717, 1.165) is 16.6 Å². The lowest BCUT2D eigenvalue weighted by Gasteiger charge is -2.17. The van der Waals surface area contributed by atoms with Gasteiger partial charge < -0.3 is 5.11 Å². The lowest BCUT2D eigenvalue weighted by atomic mass is 9.88. The molecule has 0 saturated carbocycles. The van der Waals surface area contributed by atoms with Gasteiger partial charge in [0, 0.05) is 7.05 Å². The van der Waals surface area contributed by atoms with Crippen molar-refractivity contribution >= 4 is 17.0 Å². The van der Waals surface area contributed by atoms with Crippen molar-refractivity contribution in [3.63, 3.8) is 0 Å². The van der Waals surface area contributed by atoms with Gasteiger partial charge in [-0.1, -0.05) is 31.2 Å². The molecule has 17 heavy (non-hydrogen) atoms. The molecular weight excluding hydrogens is 218 g/mol. The lowest BCUT2D eigenvalue weighted by Crippen LogP contribution is -2.18. The van der Waals surface area contributed by atoms with Crippen LogP contribution in [-0.4, -0.2) is 26.1 Å². The van der Waals surface area contributed by atoms with Gasteiger partial charge in [0.25, 0.3) is 0 Å². The molecule has 0 aliphatic rings. The molecule has 5 heteroatoms. The van der Waals surface area contributed by atoms with Crippen molar-refractivity contribution in [1.82, 2.24) is 15.0 Å². The highest BCUT2D eigenvalue weighted by Crippen LogP contribution is 2.29. The van der Waals surface area contributed by atoms with Crippen LogP contribution in [0.1, 0.15) is 25.3 Å². The standard InChI is InChI=1S/C12H15N3O2/c1-7(2)10(12(16)17)8-5-4-6-9-11(8)15(3)14-13-9/h4-7,10H,1-3H3,(H,16,17). The summed E-state index contributed by atoms with van der Waals surface area (Å²) in [6, 6.07) is 5.50. The van der Waals surface area contributed by atoms with Crippen molar-refractivity contribution in [2.24, 2.45) is 13.0 Å². The first-order chi connectivity index (χ1) is 8.02. The fourth-order valence-corrected chi connectivity index (χ4v) is 2.17. The van der Waals surface area contributed by atoms with Crippen LogP contribution < -0.4 is 0 Å². The van der Waals surface area contributed by atoms with Gasteiger partial charge in [0.15, 0.2) is 0 Å². The van der Waals surface area contributed by atoms with Crippen LogP contribution in [0.2, 0.25) is 0 Å². The van der Waals surface area contributed by atoms with Crippen LogP contribution >= 0.6 is 0 Å². The molecule has 0 fully saturated rings. The minimum atomic E-state index is -0.811. The van der Waals surface area contributed by atoms with Crippen LogP contribution in [0.25, 0.3) is 11.0 Å². The molecule has 1 atom stereocenters. The molecule has 1 heterocycles. The summed E-state index contributed by atoms with van der Waals surface area (Å²) in [6.45, 7) is 3.81. The number of para-hydroxylation sites is 1. The van der Waals surface area contributed by atoms with Crippen LogP contribution in [0, 0.1) is 5.92 Å². The number of aliphatic carboxylic acids is 1. The molecule has 2 aromatic rings. The SMILES string of the molecule is CC(C)C(C(=O)O)c1cccc2nnn(C)c12. The largest absolute Gasteiger partial charge is 0.481 e. The van der Waals surface area contributed by atoms with E-state index in [4.69, 9.17) is 0 Å². The molecule has 5 nitrogen and oxygen atoms in total. The lowest BCUT2D eigenvalue weighted by molar-refractivity contribution is -0.139. The van der Waals surface area contributed by atoms with E-state index >= 15 is 0 Å². The minimum absolute atomic E-state index is 0.0213. The van der Waals surface area contributed by atoms with Gasteiger partial charge in [0.1, 0.15) is 5.52 Å². The van der Waals surface area contributed by atoms with Crippen LogP contribution in [0.4, 0.5) is 0 Å². The second kappa shape index (κ2) is 4.16. The molecule has 2 rings (SSSR count). The number of carboxylic acids is 1. The van der Waals surface area contributed by atoms with Crippen molar-refractivity contribution in [1.29, 1.82) is 0 Å². The van der Waals surface area contributed by atoms with Crippen molar-refractivity contribution in [2.45, 2.75) is 19.8 Å². The average Bonchev–Trinajstić information content (AvgIpc) is 2.60. The van der Waals surface area contributed by atoms with E-state index in [0.29, 0.717) is 0 Å². The number of hydrogen-bond acceptors (Lipinski definition) is 3. The van der Waals surface area contributed by atoms with Gasteiger partial charge in [-0.2, -0.15) is 0 Å². The minimum Gasteiger partial charge on any atom is -0.481 e. The number of benzene rings is 1. The monoisotopic (exact) mass is 233 g/mol. The fraction of sp³-hybridized carbons (Fsp3) is 0.417. The van der Waals surface area contributed by atoms with Gasteiger partial charge in [-0.3, -0.25) is 4.79 Å². The van der Waals surface area contributed by atoms with E-state index in [1.165, 1.54) is 0 Å². The predicted molar refractivity (Wildman–Crippen MR) is 63.7 cm³/mol. The molecule has 90 valence electrons. The maximum Gasteiger partial charge on any atom is 0.311 e. The van der Waals surface area contributed by atoms with Crippen LogP contribution in [0.3, 0.4) is 0 Å². The summed E-state index contributed by atoms with van der Waals surface area (Å²) in [5.74, 6) is -1.32. The Kier molecular flexibility index (Phi) is 2.83. The number of aryl methyl sites for hydroxylation is 1. The zero-order valence-electron chi connectivity index (χ0n) is 10.1. The van der Waals surface area contributed by atoms with Crippen molar-refractivity contribution in [3.05, 3.63) is 23.8 Å². The zero-order chi connectivity index (χ0) is 12.6. The molecule has 0 bridgehead atoms. The molecule has 0 radical (unpaired) electrons. The summed E-state index contributed by atoms with van der Waals surface area (Å²) >= 11 is 0. The number of nitrogens with zero attached hydrogens (tertiary/aromatic N) is 3. The second-order valence-electron chi connectivity index (χ2n) is 4.49. The summed E-state index contributed by atoms with van der Waals surface area (Å²) in [7, 11) is 1.78. The third-order valence-electron chi connectivity index (χ3n) is 2.92. The average molecular weight is 233 g/mol. The number of hydrogen-bond donors (Lipinski definition) is 1. The smallest absolute Gasteiger partial charge is 0.311 e. The summed E-state index contributed by atoms with van der Waals surface area (Å²) in [6.07, 6.45) is 0. The first-order valence-electron chi connectivity index (χ1n) is 5.53. The van der Waals surface area contributed by atoms with Crippen LogP contribution in [0.15, 0.2) is 18.2 Å². The topological polar surface area (TPSA) is 68.0 Å². The highest BCUT2D eigenvalue weighted by atomic mass is 16.4. The first-order valence-corrected chi connectivity index (χ1v) is 5.53. The quantitative estimate of drug-likeness (QED) is 0.877. The molecule has 1 aromatic heterocycles. The third-order valence-corrected chi connectivity index (χ3v) is 2.92. The molecule has 0 spiro atoms. The van der Waals surface area contributed by atoms with Gasteiger partial charge >= 0.3 is 5.97 Å². The summed E-state index contributed by atoms with van der Waals surface area (Å²) in [4.78, 5) is 11.4. The van der Waals surface area contributed by atoms with E-state index in [1.54, 1.807) is 11.7 Å². The molecule has 1 unspecified atom stereocenters. The Morgan fingerprint density at radius 1 is 1.41 bits per heavy atom. The third kappa shape index (κ3) is 1.88. The summed E-state index contributed by atoms with van der Waals surface area (Å²) in [5.41, 5.74) is 2.31. The Bertz CT molecular complexity index is 560. The summed E-state index contributed by atoms with van der Waals surface area (Å²) < 4.78 is 1.63. The number of carbonyl (C=O) groups is 1. The van der Waals surface area contributed by atoms with E-state index in [9.17, 15) is 9.90 Å². The Morgan fingerprint density at radius 2 is 2.12 bits per heavy atom. The van der Waals surface area contributed by atoms with Crippen LogP contribution in [-0.2, 0) is 11.8 Å². The second-order valence-corrected chi connectivity index (χ2v) is 4.49. The van der Waals surface area contributed by atoms with Crippen molar-refractivity contribution in [3.8, 4) is 0 Å². The summed E-state index contributed by atoms with van der Waals surface area (Å²) in [5, 5.41) is 17.3. The highest BCUT2D eigenvalue weighted by Gasteiger charge is 2.26. The Hall–Kier alpha value is -1.91. The van der Waals surface area contributed by atoms with Gasteiger partial charge in [0.2, 0.25) is 0 Å². The number of fused-ring (bicyclic) bond motifs is 1. The zero-order valence-corrected chi connectivity index (χ0v) is 10.1. The van der Waals surface area contributed by atoms with Crippen molar-refractivity contribution < 1.29 is 9.90 Å². The number of carboxylic acid groups (broad SMARTS) is 1. The number of rotatable bonds is 3. The van der Waals surface area contributed by atoms with E-state index < -0.39 is 11.9 Å². The van der Waals surface area contributed by atoms with Gasteiger partial charge in [0.05, 0.1) is 11.4 Å². The van der Waals surface area contributed by atoms with Gasteiger partial charge in [-0.15, -0.1) is 5.10 Å². The molecule has 0 aliphatic carbocycles. The Morgan fingerprint density at radius 3 is 2.71 bits per heavy atom. The maximum absolute atomic E-state index is 11.4. The van der Waals surface area contributed by atoms with E-state index in [-0.39, 0.29) is 5.92 Å².